The summed E-state index contributed by atoms with van der Waals surface area (Å²) in [5.41, 5.74) is 0. The third kappa shape index (κ3) is 20.1. The summed E-state index contributed by atoms with van der Waals surface area (Å²) in [4.78, 5) is 34.4. The van der Waals surface area contributed by atoms with Crippen LogP contribution >= 0.6 is 0 Å². The highest BCUT2D eigenvalue weighted by atomic mass is 16.4. The number of hydrogen-bond donors (Lipinski definition) is 3. The van der Waals surface area contributed by atoms with Gasteiger partial charge in [-0.05, 0) is 12.8 Å². The maximum atomic E-state index is 11.5. The van der Waals surface area contributed by atoms with E-state index < -0.39 is 35.7 Å². The third-order valence-electron chi connectivity index (χ3n) is 8.54. The first-order valence-corrected chi connectivity index (χ1v) is 16.2. The van der Waals surface area contributed by atoms with Crippen LogP contribution in [0.5, 0.6) is 0 Å². The summed E-state index contributed by atoms with van der Waals surface area (Å²) in [5, 5.41) is 28.2. The Morgan fingerprint density at radius 1 is 0.525 bits per heavy atom. The third-order valence-corrected chi connectivity index (χ3v) is 8.54. The lowest BCUT2D eigenvalue weighted by Crippen LogP contribution is -2.52. The molecule has 7 nitrogen and oxygen atoms in total. The molecule has 3 unspecified atom stereocenters. The second-order valence-electron chi connectivity index (χ2n) is 12.3. The molecule has 0 saturated carbocycles. The van der Waals surface area contributed by atoms with Crippen LogP contribution in [0.3, 0.4) is 0 Å². The van der Waals surface area contributed by atoms with Crippen LogP contribution in [0.2, 0.25) is 0 Å². The van der Waals surface area contributed by atoms with E-state index in [1.165, 1.54) is 77.0 Å². The van der Waals surface area contributed by atoms with Crippen molar-refractivity contribution in [3.8, 4) is 0 Å². The largest absolute Gasteiger partial charge is 0.481 e. The van der Waals surface area contributed by atoms with Crippen molar-refractivity contribution in [3.05, 3.63) is 12.2 Å². The van der Waals surface area contributed by atoms with Crippen LogP contribution in [0.25, 0.3) is 0 Å². The normalized spacial score (nSPS) is 15.5. The topological polar surface area (TPSA) is 112 Å². The monoisotopic (exact) mass is 568 g/mol. The second-order valence-corrected chi connectivity index (χ2v) is 12.3. The molecule has 3 N–H and O–H groups in total. The number of allylic oxidation sites excluding steroid dienone is 1. The van der Waals surface area contributed by atoms with Gasteiger partial charge >= 0.3 is 17.9 Å². The van der Waals surface area contributed by atoms with Crippen LogP contribution in [0.15, 0.2) is 12.2 Å². The number of carboxylic acid groups (broad SMARTS) is 3. The number of nitrogens with zero attached hydrogens (tertiary/aromatic N) is 1. The fourth-order valence-electron chi connectivity index (χ4n) is 5.13. The minimum atomic E-state index is -0.835. The first-order valence-electron chi connectivity index (χ1n) is 16.2. The predicted molar refractivity (Wildman–Crippen MR) is 163 cm³/mol. The summed E-state index contributed by atoms with van der Waals surface area (Å²) in [6, 6.07) is 0. The molecule has 0 amide bonds. The maximum Gasteiger partial charge on any atom is 0.306 e. The summed E-state index contributed by atoms with van der Waals surface area (Å²) in [7, 11) is 0. The highest BCUT2D eigenvalue weighted by Crippen LogP contribution is 2.21. The van der Waals surface area contributed by atoms with Gasteiger partial charge in [0.05, 0.1) is 43.9 Å². The molecule has 0 aliphatic carbocycles. The van der Waals surface area contributed by atoms with E-state index in [0.29, 0.717) is 43.4 Å². The standard InChI is InChI=1S/C33H61NO6/c1-5-6-7-8-9-10-11-12-13-14-15-16-17-18-19-20-24-34(25-21-28(2)31(35)36,26-22-29(3)32(37)38)27-23-30(4)33(39)40/h18-19,28-30H,5-17,20-27H2,1-4H3,(H2-,35,36,37,38,39,40)/p+1/b19-18+. The Hall–Kier alpha value is -1.89. The summed E-state index contributed by atoms with van der Waals surface area (Å²) < 4.78 is 0.565. The van der Waals surface area contributed by atoms with Crippen LogP contribution in [0.1, 0.15) is 137 Å². The summed E-state index contributed by atoms with van der Waals surface area (Å²) >= 11 is 0. The Morgan fingerprint density at radius 2 is 0.850 bits per heavy atom. The van der Waals surface area contributed by atoms with Gasteiger partial charge in [0.2, 0.25) is 0 Å². The van der Waals surface area contributed by atoms with Crippen LogP contribution in [0, 0.1) is 17.8 Å². The maximum absolute atomic E-state index is 11.5. The average Bonchev–Trinajstić information content (AvgIpc) is 2.92. The van der Waals surface area contributed by atoms with E-state index in [2.05, 4.69) is 19.1 Å². The van der Waals surface area contributed by atoms with Gasteiger partial charge in [0.25, 0.3) is 0 Å². The molecule has 0 radical (unpaired) electrons. The fraction of sp³-hybridized carbons (Fsp3) is 0.848. The SMILES string of the molecule is CCCCCCCCCCCCCC/C=C/CC[N+](CCC(C)C(=O)O)(CCC(C)C(=O)O)CCC(C)C(=O)O. The van der Waals surface area contributed by atoms with Crippen molar-refractivity contribution in [2.75, 3.05) is 26.2 Å². The number of unbranched alkanes of at least 4 members (excludes halogenated alkanes) is 12. The van der Waals surface area contributed by atoms with Crippen LogP contribution in [0.4, 0.5) is 0 Å². The second kappa shape index (κ2) is 23.8. The first kappa shape index (κ1) is 38.1. The predicted octanol–water partition coefficient (Wildman–Crippen LogP) is 8.17. The summed E-state index contributed by atoms with van der Waals surface area (Å²) in [6.07, 6.45) is 23.8. The van der Waals surface area contributed by atoms with E-state index in [1.54, 1.807) is 20.8 Å². The van der Waals surface area contributed by atoms with Gasteiger partial charge in [-0.1, -0.05) is 110 Å². The molecule has 0 spiro atoms. The molecule has 7 heteroatoms. The van der Waals surface area contributed by atoms with Crippen molar-refractivity contribution >= 4 is 17.9 Å². The van der Waals surface area contributed by atoms with Crippen molar-refractivity contribution in [3.63, 3.8) is 0 Å². The van der Waals surface area contributed by atoms with E-state index in [9.17, 15) is 29.7 Å². The van der Waals surface area contributed by atoms with Gasteiger partial charge in [-0.3, -0.25) is 14.4 Å². The zero-order valence-corrected chi connectivity index (χ0v) is 26.2. The molecule has 0 aromatic carbocycles. The summed E-state index contributed by atoms with van der Waals surface area (Å²) in [5.74, 6) is -3.98. The molecular formula is C33H62NO6+. The zero-order chi connectivity index (χ0) is 30.2. The van der Waals surface area contributed by atoms with E-state index in [-0.39, 0.29) is 0 Å². The number of rotatable bonds is 28. The lowest BCUT2D eigenvalue weighted by Gasteiger charge is -2.40. The van der Waals surface area contributed by atoms with Crippen molar-refractivity contribution in [2.24, 2.45) is 17.8 Å². The lowest BCUT2D eigenvalue weighted by atomic mass is 10.0. The molecule has 0 heterocycles. The van der Waals surface area contributed by atoms with Gasteiger partial charge in [0.1, 0.15) is 0 Å². The molecule has 0 aliphatic rings. The molecular weight excluding hydrogens is 506 g/mol. The lowest BCUT2D eigenvalue weighted by molar-refractivity contribution is -0.929. The van der Waals surface area contributed by atoms with E-state index in [1.807, 2.05) is 0 Å². The van der Waals surface area contributed by atoms with Gasteiger partial charge in [0, 0.05) is 25.7 Å². The molecule has 3 atom stereocenters. The minimum absolute atomic E-state index is 0.487. The van der Waals surface area contributed by atoms with E-state index >= 15 is 0 Å². The Bertz CT molecular complexity index is 647. The number of carbonyl (C=O) groups is 3. The summed E-state index contributed by atoms with van der Waals surface area (Å²) in [6.45, 7) is 9.95. The van der Waals surface area contributed by atoms with Gasteiger partial charge in [-0.15, -0.1) is 0 Å². The van der Waals surface area contributed by atoms with Gasteiger partial charge < -0.3 is 19.8 Å². The minimum Gasteiger partial charge on any atom is -0.481 e. The molecule has 0 bridgehead atoms. The number of carboxylic acids is 3. The Kier molecular flexibility index (Phi) is 22.7. The molecule has 0 aliphatic heterocycles. The number of aliphatic carboxylic acids is 3. The smallest absolute Gasteiger partial charge is 0.306 e. The molecule has 234 valence electrons. The highest BCUT2D eigenvalue weighted by molar-refractivity contribution is 5.70. The van der Waals surface area contributed by atoms with Gasteiger partial charge in [-0.25, -0.2) is 0 Å². The number of hydrogen-bond acceptors (Lipinski definition) is 3. The molecule has 0 saturated heterocycles. The molecule has 0 rings (SSSR count). The highest BCUT2D eigenvalue weighted by Gasteiger charge is 2.31. The van der Waals surface area contributed by atoms with Crippen LogP contribution in [-0.4, -0.2) is 63.9 Å². The molecule has 0 fully saturated rings. The van der Waals surface area contributed by atoms with Gasteiger partial charge in [-0.2, -0.15) is 0 Å². The zero-order valence-electron chi connectivity index (χ0n) is 26.2. The van der Waals surface area contributed by atoms with Crippen LogP contribution in [-0.2, 0) is 14.4 Å². The Morgan fingerprint density at radius 3 is 1.20 bits per heavy atom. The Balaban J connectivity index is 4.72. The molecule has 0 aromatic rings. The van der Waals surface area contributed by atoms with Crippen molar-refractivity contribution in [2.45, 2.75) is 137 Å². The first-order chi connectivity index (χ1) is 19.0. The Labute approximate surface area is 245 Å². The van der Waals surface area contributed by atoms with Crippen molar-refractivity contribution in [1.29, 1.82) is 0 Å². The van der Waals surface area contributed by atoms with Crippen molar-refractivity contribution in [1.82, 2.24) is 0 Å². The van der Waals surface area contributed by atoms with E-state index in [0.717, 1.165) is 19.4 Å². The van der Waals surface area contributed by atoms with Crippen LogP contribution < -0.4 is 0 Å². The van der Waals surface area contributed by atoms with Crippen molar-refractivity contribution < 1.29 is 34.2 Å². The fourth-order valence-corrected chi connectivity index (χ4v) is 5.13. The average molecular weight is 569 g/mol. The van der Waals surface area contributed by atoms with Gasteiger partial charge in [0.15, 0.2) is 0 Å². The quantitative estimate of drug-likeness (QED) is 0.0498. The van der Waals surface area contributed by atoms with E-state index in [4.69, 9.17) is 0 Å². The number of quaternary nitrogens is 1. The molecule has 0 aromatic heterocycles. The molecule has 40 heavy (non-hydrogen) atoms.